The number of fused-ring (bicyclic) bond motifs is 1. The molecular formula is C17H21N3O3. The van der Waals surface area contributed by atoms with Crippen molar-refractivity contribution in [1.29, 1.82) is 0 Å². The van der Waals surface area contributed by atoms with Crippen LogP contribution < -0.4 is 10.9 Å². The lowest BCUT2D eigenvalue weighted by Crippen LogP contribution is -2.31. The number of carbonyl (C=O) groups excluding carboxylic acids is 1. The molecule has 1 N–H and O–H groups in total. The molecule has 6 nitrogen and oxygen atoms in total. The van der Waals surface area contributed by atoms with E-state index in [1.165, 1.54) is 0 Å². The molecule has 1 amide bonds. The van der Waals surface area contributed by atoms with E-state index in [2.05, 4.69) is 10.3 Å². The second kappa shape index (κ2) is 6.50. The molecule has 1 atom stereocenters. The number of benzene rings is 1. The van der Waals surface area contributed by atoms with Gasteiger partial charge in [-0.3, -0.25) is 9.59 Å². The molecule has 2 aromatic rings. The molecule has 1 aromatic carbocycles. The van der Waals surface area contributed by atoms with Crippen molar-refractivity contribution in [3.63, 3.8) is 0 Å². The SMILES string of the molecule is CCn1c(=O)c(C)nc2cc(C(=O)NCC3CCCO3)ccc21. The molecule has 3 rings (SSSR count). The minimum Gasteiger partial charge on any atom is -0.376 e. The molecule has 1 aliphatic rings. The van der Waals surface area contributed by atoms with Crippen molar-refractivity contribution in [3.8, 4) is 0 Å². The Morgan fingerprint density at radius 3 is 3.00 bits per heavy atom. The molecule has 1 aliphatic heterocycles. The first-order valence-electron chi connectivity index (χ1n) is 8.01. The summed E-state index contributed by atoms with van der Waals surface area (Å²) in [5.41, 5.74) is 2.31. The number of rotatable bonds is 4. The van der Waals surface area contributed by atoms with E-state index in [1.54, 1.807) is 29.7 Å². The van der Waals surface area contributed by atoms with Gasteiger partial charge in [-0.25, -0.2) is 4.98 Å². The summed E-state index contributed by atoms with van der Waals surface area (Å²) in [6.07, 6.45) is 2.15. The van der Waals surface area contributed by atoms with Crippen LogP contribution in [0.3, 0.4) is 0 Å². The van der Waals surface area contributed by atoms with Gasteiger partial charge in [-0.15, -0.1) is 0 Å². The first kappa shape index (κ1) is 15.7. The van der Waals surface area contributed by atoms with E-state index in [4.69, 9.17) is 4.74 Å². The maximum atomic E-state index is 12.3. The van der Waals surface area contributed by atoms with Gasteiger partial charge in [-0.1, -0.05) is 0 Å². The van der Waals surface area contributed by atoms with Gasteiger partial charge in [-0.2, -0.15) is 0 Å². The van der Waals surface area contributed by atoms with E-state index in [9.17, 15) is 9.59 Å². The molecule has 1 fully saturated rings. The highest BCUT2D eigenvalue weighted by molar-refractivity contribution is 5.97. The Labute approximate surface area is 134 Å². The topological polar surface area (TPSA) is 73.2 Å². The van der Waals surface area contributed by atoms with Crippen molar-refractivity contribution in [2.75, 3.05) is 13.2 Å². The number of carbonyl (C=O) groups is 1. The highest BCUT2D eigenvalue weighted by atomic mass is 16.5. The average Bonchev–Trinajstić information content (AvgIpc) is 3.07. The Balaban J connectivity index is 1.86. The second-order valence-corrected chi connectivity index (χ2v) is 5.80. The fraction of sp³-hybridized carbons (Fsp3) is 0.471. The summed E-state index contributed by atoms with van der Waals surface area (Å²) in [5, 5.41) is 2.90. The number of amides is 1. The number of nitrogens with zero attached hydrogens (tertiary/aromatic N) is 2. The van der Waals surface area contributed by atoms with Crippen LogP contribution in [0.15, 0.2) is 23.0 Å². The summed E-state index contributed by atoms with van der Waals surface area (Å²) in [4.78, 5) is 28.7. The van der Waals surface area contributed by atoms with E-state index >= 15 is 0 Å². The van der Waals surface area contributed by atoms with E-state index in [-0.39, 0.29) is 17.6 Å². The van der Waals surface area contributed by atoms with Crippen LogP contribution in [0.1, 0.15) is 35.8 Å². The highest BCUT2D eigenvalue weighted by Crippen LogP contribution is 2.14. The number of hydrogen-bond donors (Lipinski definition) is 1. The maximum absolute atomic E-state index is 12.3. The van der Waals surface area contributed by atoms with Crippen molar-refractivity contribution in [2.45, 2.75) is 39.3 Å². The largest absolute Gasteiger partial charge is 0.376 e. The minimum absolute atomic E-state index is 0.0874. The van der Waals surface area contributed by atoms with Crippen molar-refractivity contribution in [1.82, 2.24) is 14.9 Å². The molecule has 0 aliphatic carbocycles. The Hall–Kier alpha value is -2.21. The van der Waals surface area contributed by atoms with Gasteiger partial charge in [-0.05, 0) is 44.9 Å². The molecule has 0 saturated carbocycles. The lowest BCUT2D eigenvalue weighted by Gasteiger charge is -2.12. The fourth-order valence-electron chi connectivity index (χ4n) is 2.94. The van der Waals surface area contributed by atoms with Gasteiger partial charge in [0.25, 0.3) is 11.5 Å². The Morgan fingerprint density at radius 1 is 1.48 bits per heavy atom. The molecule has 6 heteroatoms. The van der Waals surface area contributed by atoms with Crippen LogP contribution >= 0.6 is 0 Å². The third kappa shape index (κ3) is 3.12. The first-order valence-corrected chi connectivity index (χ1v) is 8.01. The fourth-order valence-corrected chi connectivity index (χ4v) is 2.94. The van der Waals surface area contributed by atoms with E-state index in [0.717, 1.165) is 25.0 Å². The molecule has 1 unspecified atom stereocenters. The van der Waals surface area contributed by atoms with Gasteiger partial charge in [0, 0.05) is 25.3 Å². The van der Waals surface area contributed by atoms with E-state index < -0.39 is 0 Å². The van der Waals surface area contributed by atoms with Crippen LogP contribution in [0.2, 0.25) is 0 Å². The summed E-state index contributed by atoms with van der Waals surface area (Å²) in [5.74, 6) is -0.142. The third-order valence-corrected chi connectivity index (χ3v) is 4.20. The second-order valence-electron chi connectivity index (χ2n) is 5.80. The van der Waals surface area contributed by atoms with Crippen LogP contribution in [-0.2, 0) is 11.3 Å². The smallest absolute Gasteiger partial charge is 0.272 e. The zero-order chi connectivity index (χ0) is 16.4. The lowest BCUT2D eigenvalue weighted by atomic mass is 10.1. The molecule has 122 valence electrons. The quantitative estimate of drug-likeness (QED) is 0.931. The first-order chi connectivity index (χ1) is 11.1. The molecule has 0 spiro atoms. The monoisotopic (exact) mass is 315 g/mol. The summed E-state index contributed by atoms with van der Waals surface area (Å²) in [6, 6.07) is 5.25. The van der Waals surface area contributed by atoms with Crippen molar-refractivity contribution in [3.05, 3.63) is 39.8 Å². The molecule has 0 radical (unpaired) electrons. The molecule has 0 bridgehead atoms. The number of aromatic nitrogens is 2. The Bertz CT molecular complexity index is 792. The van der Waals surface area contributed by atoms with Crippen molar-refractivity contribution < 1.29 is 9.53 Å². The molecule has 1 saturated heterocycles. The van der Waals surface area contributed by atoms with Gasteiger partial charge in [0.1, 0.15) is 5.69 Å². The Kier molecular flexibility index (Phi) is 4.43. The predicted molar refractivity (Wildman–Crippen MR) is 87.7 cm³/mol. The van der Waals surface area contributed by atoms with Gasteiger partial charge in [0.2, 0.25) is 0 Å². The molecule has 1 aromatic heterocycles. The van der Waals surface area contributed by atoms with Crippen molar-refractivity contribution >= 4 is 16.9 Å². The highest BCUT2D eigenvalue weighted by Gasteiger charge is 2.17. The molecule has 2 heterocycles. The van der Waals surface area contributed by atoms with Crippen LogP contribution in [0.5, 0.6) is 0 Å². The minimum atomic E-state index is -0.142. The number of aryl methyl sites for hydroxylation is 2. The van der Waals surface area contributed by atoms with E-state index in [1.807, 2.05) is 6.92 Å². The van der Waals surface area contributed by atoms with Crippen molar-refractivity contribution in [2.24, 2.45) is 0 Å². The summed E-state index contributed by atoms with van der Waals surface area (Å²) in [6.45, 7) is 5.48. The number of nitrogens with one attached hydrogen (secondary N) is 1. The Morgan fingerprint density at radius 2 is 2.30 bits per heavy atom. The van der Waals surface area contributed by atoms with Gasteiger partial charge >= 0.3 is 0 Å². The number of hydrogen-bond acceptors (Lipinski definition) is 4. The average molecular weight is 315 g/mol. The summed E-state index contributed by atoms with van der Waals surface area (Å²) < 4.78 is 7.18. The van der Waals surface area contributed by atoms with E-state index in [0.29, 0.717) is 29.9 Å². The van der Waals surface area contributed by atoms with Gasteiger partial charge < -0.3 is 14.6 Å². The molecular weight excluding hydrogens is 294 g/mol. The van der Waals surface area contributed by atoms with Gasteiger partial charge in [0.05, 0.1) is 17.1 Å². The normalized spacial score (nSPS) is 17.6. The van der Waals surface area contributed by atoms with Crippen LogP contribution in [-0.4, -0.2) is 34.7 Å². The predicted octanol–water partition coefficient (Wildman–Crippen LogP) is 1.63. The molecule has 23 heavy (non-hydrogen) atoms. The third-order valence-electron chi connectivity index (χ3n) is 4.20. The van der Waals surface area contributed by atoms with Crippen LogP contribution in [0.4, 0.5) is 0 Å². The number of ether oxygens (including phenoxy) is 1. The standard InChI is InChI=1S/C17H21N3O3/c1-3-20-15-7-6-12(9-14(15)19-11(2)17(20)22)16(21)18-10-13-5-4-8-23-13/h6-7,9,13H,3-5,8,10H2,1-2H3,(H,18,21). The van der Waals surface area contributed by atoms with Crippen LogP contribution in [0, 0.1) is 6.92 Å². The summed E-state index contributed by atoms with van der Waals surface area (Å²) in [7, 11) is 0. The zero-order valence-electron chi connectivity index (χ0n) is 13.5. The lowest BCUT2D eigenvalue weighted by molar-refractivity contribution is 0.0858. The zero-order valence-corrected chi connectivity index (χ0v) is 13.5. The summed E-state index contributed by atoms with van der Waals surface area (Å²) >= 11 is 0. The maximum Gasteiger partial charge on any atom is 0.272 e. The van der Waals surface area contributed by atoms with Gasteiger partial charge in [0.15, 0.2) is 0 Å². The van der Waals surface area contributed by atoms with Crippen LogP contribution in [0.25, 0.3) is 11.0 Å².